The fourth-order valence-corrected chi connectivity index (χ4v) is 3.57. The molecular formula is C20H22N4O3S. The van der Waals surface area contributed by atoms with Crippen LogP contribution in [0.15, 0.2) is 58.9 Å². The van der Waals surface area contributed by atoms with E-state index in [4.69, 9.17) is 4.74 Å². The number of aliphatic hydroxyl groups is 1. The summed E-state index contributed by atoms with van der Waals surface area (Å²) in [5.41, 5.74) is 1.15. The molecule has 146 valence electrons. The van der Waals surface area contributed by atoms with Crippen molar-refractivity contribution in [1.29, 1.82) is 0 Å². The number of ether oxygens (including phenoxy) is 1. The molecular weight excluding hydrogens is 376 g/mol. The van der Waals surface area contributed by atoms with Gasteiger partial charge in [0, 0.05) is 37.9 Å². The van der Waals surface area contributed by atoms with E-state index in [9.17, 15) is 9.90 Å². The molecule has 1 N–H and O–H groups in total. The molecule has 0 spiro atoms. The lowest BCUT2D eigenvalue weighted by atomic mass is 10.0. The monoisotopic (exact) mass is 398 g/mol. The molecule has 1 amide bonds. The van der Waals surface area contributed by atoms with Crippen LogP contribution >= 0.6 is 11.3 Å². The Balaban J connectivity index is 1.98. The number of carbonyl (C=O) groups excluding carboxylic acids is 1. The average molecular weight is 398 g/mol. The van der Waals surface area contributed by atoms with Gasteiger partial charge in [-0.05, 0) is 37.3 Å². The molecule has 0 radical (unpaired) electrons. The summed E-state index contributed by atoms with van der Waals surface area (Å²) in [4.78, 5) is 20.2. The maximum absolute atomic E-state index is 13.0. The van der Waals surface area contributed by atoms with Crippen molar-refractivity contribution in [2.75, 3.05) is 31.1 Å². The van der Waals surface area contributed by atoms with E-state index in [0.29, 0.717) is 22.7 Å². The minimum absolute atomic E-state index is 0.306. The van der Waals surface area contributed by atoms with Crippen molar-refractivity contribution in [2.24, 2.45) is 5.10 Å². The van der Waals surface area contributed by atoms with Crippen molar-refractivity contribution in [2.45, 2.75) is 13.2 Å². The van der Waals surface area contributed by atoms with Crippen LogP contribution in [0.3, 0.4) is 0 Å². The van der Waals surface area contributed by atoms with Crippen molar-refractivity contribution < 1.29 is 14.6 Å². The number of hydrogen-bond donors (Lipinski definition) is 1. The third kappa shape index (κ3) is 4.04. The number of carbonyl (C=O) groups is 1. The van der Waals surface area contributed by atoms with Crippen molar-refractivity contribution in [3.8, 4) is 0 Å². The van der Waals surface area contributed by atoms with E-state index in [1.807, 2.05) is 37.2 Å². The zero-order valence-electron chi connectivity index (χ0n) is 16.2. The summed E-state index contributed by atoms with van der Waals surface area (Å²) in [5, 5.41) is 17.0. The first-order valence-electron chi connectivity index (χ1n) is 8.63. The van der Waals surface area contributed by atoms with Crippen LogP contribution in [-0.2, 0) is 9.53 Å². The fraction of sp³-hybridized carbons (Fsp3) is 0.250. The molecule has 2 aromatic rings. The van der Waals surface area contributed by atoms with Gasteiger partial charge in [-0.3, -0.25) is 4.79 Å². The molecule has 7 nitrogen and oxygen atoms in total. The van der Waals surface area contributed by atoms with Crippen molar-refractivity contribution in [3.05, 3.63) is 58.6 Å². The number of hydrogen-bond acceptors (Lipinski definition) is 7. The van der Waals surface area contributed by atoms with E-state index < -0.39 is 6.29 Å². The Morgan fingerprint density at radius 3 is 2.71 bits per heavy atom. The van der Waals surface area contributed by atoms with Crippen molar-refractivity contribution in [3.63, 3.8) is 0 Å². The van der Waals surface area contributed by atoms with E-state index in [2.05, 4.69) is 10.1 Å². The van der Waals surface area contributed by atoms with Crippen LogP contribution in [-0.4, -0.2) is 49.2 Å². The SMILES string of the molecule is COC(O)C(C=Cc1ccc(N(C)C)s1)=C1C(=O)N(c2ccccn2)N=C1C. The number of methoxy groups -OCH3 is 1. The maximum Gasteiger partial charge on any atom is 0.282 e. The summed E-state index contributed by atoms with van der Waals surface area (Å²) in [6, 6.07) is 9.25. The molecule has 1 atom stereocenters. The van der Waals surface area contributed by atoms with Gasteiger partial charge < -0.3 is 14.7 Å². The molecule has 2 aromatic heterocycles. The van der Waals surface area contributed by atoms with E-state index in [0.717, 1.165) is 9.88 Å². The normalized spacial score (nSPS) is 17.2. The number of thiophene rings is 1. The summed E-state index contributed by atoms with van der Waals surface area (Å²) in [6.07, 6.45) is 3.90. The highest BCUT2D eigenvalue weighted by Crippen LogP contribution is 2.28. The highest BCUT2D eigenvalue weighted by Gasteiger charge is 2.33. The lowest BCUT2D eigenvalue weighted by molar-refractivity contribution is -0.114. The van der Waals surface area contributed by atoms with Gasteiger partial charge in [0.25, 0.3) is 5.91 Å². The van der Waals surface area contributed by atoms with Crippen LogP contribution in [0, 0.1) is 0 Å². The molecule has 0 bridgehead atoms. The van der Waals surface area contributed by atoms with Crippen molar-refractivity contribution in [1.82, 2.24) is 4.98 Å². The van der Waals surface area contributed by atoms with Crippen molar-refractivity contribution >= 4 is 39.9 Å². The zero-order valence-corrected chi connectivity index (χ0v) is 17.0. The number of rotatable bonds is 6. The van der Waals surface area contributed by atoms with Gasteiger partial charge in [0.2, 0.25) is 0 Å². The summed E-state index contributed by atoms with van der Waals surface area (Å²) in [7, 11) is 5.34. The number of nitrogens with zero attached hydrogens (tertiary/aromatic N) is 4. The van der Waals surface area contributed by atoms with E-state index in [1.165, 1.54) is 12.1 Å². The largest absolute Gasteiger partial charge is 0.370 e. The number of anilines is 2. The molecule has 3 heterocycles. The minimum Gasteiger partial charge on any atom is -0.370 e. The highest BCUT2D eigenvalue weighted by atomic mass is 32.1. The van der Waals surface area contributed by atoms with Crippen LogP contribution < -0.4 is 9.91 Å². The molecule has 28 heavy (non-hydrogen) atoms. The molecule has 8 heteroatoms. The smallest absolute Gasteiger partial charge is 0.282 e. The van der Waals surface area contributed by atoms with Crippen LogP contribution in [0.2, 0.25) is 0 Å². The average Bonchev–Trinajstić information content (AvgIpc) is 3.28. The van der Waals surface area contributed by atoms with Gasteiger partial charge in [-0.1, -0.05) is 12.1 Å². The van der Waals surface area contributed by atoms with Gasteiger partial charge in [0.05, 0.1) is 16.3 Å². The number of aromatic nitrogens is 1. The molecule has 1 unspecified atom stereocenters. The summed E-state index contributed by atoms with van der Waals surface area (Å²) in [6.45, 7) is 1.72. The molecule has 1 aliphatic heterocycles. The second-order valence-corrected chi connectivity index (χ2v) is 7.41. The van der Waals surface area contributed by atoms with Gasteiger partial charge >= 0.3 is 0 Å². The zero-order chi connectivity index (χ0) is 20.3. The molecule has 0 fully saturated rings. The Bertz CT molecular complexity index is 947. The summed E-state index contributed by atoms with van der Waals surface area (Å²) >= 11 is 1.60. The van der Waals surface area contributed by atoms with E-state index in [-0.39, 0.29) is 5.91 Å². The van der Waals surface area contributed by atoms with Gasteiger partial charge in [-0.15, -0.1) is 11.3 Å². The first-order valence-corrected chi connectivity index (χ1v) is 9.45. The van der Waals surface area contributed by atoms with Crippen LogP contribution in [0.1, 0.15) is 11.8 Å². The number of pyridine rings is 1. The Labute approximate surface area is 167 Å². The summed E-state index contributed by atoms with van der Waals surface area (Å²) < 4.78 is 5.09. The number of hydrazone groups is 1. The number of amides is 1. The van der Waals surface area contributed by atoms with E-state index in [1.54, 1.807) is 48.7 Å². The third-order valence-corrected chi connectivity index (χ3v) is 5.36. The molecule has 0 saturated carbocycles. The Morgan fingerprint density at radius 1 is 1.32 bits per heavy atom. The maximum atomic E-state index is 13.0. The Morgan fingerprint density at radius 2 is 2.11 bits per heavy atom. The summed E-state index contributed by atoms with van der Waals surface area (Å²) in [5.74, 6) is 0.0677. The quantitative estimate of drug-likeness (QED) is 0.598. The van der Waals surface area contributed by atoms with Gasteiger partial charge in [-0.2, -0.15) is 10.1 Å². The second kappa shape index (κ2) is 8.47. The lowest BCUT2D eigenvalue weighted by Crippen LogP contribution is -2.25. The lowest BCUT2D eigenvalue weighted by Gasteiger charge is -2.14. The number of aliphatic hydroxyl groups excluding tert-OH is 1. The fourth-order valence-electron chi connectivity index (χ4n) is 2.73. The molecule has 3 rings (SSSR count). The van der Waals surface area contributed by atoms with Crippen LogP contribution in [0.25, 0.3) is 6.08 Å². The van der Waals surface area contributed by atoms with Gasteiger partial charge in [0.15, 0.2) is 12.1 Å². The highest BCUT2D eigenvalue weighted by molar-refractivity contribution is 7.16. The van der Waals surface area contributed by atoms with E-state index >= 15 is 0 Å². The standard InChI is InChI=1S/C20H22N4O3S/c1-13-18(19(25)24(22-13)16-7-5-6-12-21-16)15(20(26)27-4)10-8-14-9-11-17(28-14)23(2)3/h5-12,20,26H,1-4H3. The second-order valence-electron chi connectivity index (χ2n) is 6.31. The first kappa shape index (κ1) is 19.9. The van der Waals surface area contributed by atoms with Gasteiger partial charge in [0.1, 0.15) is 0 Å². The predicted octanol–water partition coefficient (Wildman–Crippen LogP) is 2.91. The molecule has 0 aromatic carbocycles. The molecule has 0 aliphatic carbocycles. The Kier molecular flexibility index (Phi) is 6.03. The van der Waals surface area contributed by atoms with Crippen LogP contribution in [0.4, 0.5) is 10.8 Å². The Hall–Kier alpha value is -2.81. The molecule has 0 saturated heterocycles. The third-order valence-electron chi connectivity index (χ3n) is 4.14. The first-order chi connectivity index (χ1) is 13.4. The molecule has 1 aliphatic rings. The van der Waals surface area contributed by atoms with Gasteiger partial charge in [-0.25, -0.2) is 4.98 Å². The van der Waals surface area contributed by atoms with Crippen LogP contribution in [0.5, 0.6) is 0 Å². The topological polar surface area (TPSA) is 78.3 Å². The minimum atomic E-state index is -1.25. The predicted molar refractivity (Wildman–Crippen MR) is 113 cm³/mol.